The van der Waals surface area contributed by atoms with Gasteiger partial charge in [-0.3, -0.25) is 9.67 Å². The van der Waals surface area contributed by atoms with Gasteiger partial charge < -0.3 is 15.0 Å². The molecule has 0 amide bonds. The molecule has 0 saturated carbocycles. The van der Waals surface area contributed by atoms with Crippen molar-refractivity contribution in [2.75, 3.05) is 32.8 Å². The predicted octanol–water partition coefficient (Wildman–Crippen LogP) is 3.37. The van der Waals surface area contributed by atoms with Gasteiger partial charge in [0, 0.05) is 38.4 Å². The third kappa shape index (κ3) is 6.98. The maximum Gasteiger partial charge on any atom is 0.194 e. The van der Waals surface area contributed by atoms with Crippen molar-refractivity contribution in [3.05, 3.63) is 18.0 Å². The minimum absolute atomic E-state index is 0.0670. The van der Waals surface area contributed by atoms with E-state index in [1.54, 1.807) is 0 Å². The third-order valence-electron chi connectivity index (χ3n) is 4.75. The van der Waals surface area contributed by atoms with E-state index >= 15 is 0 Å². The van der Waals surface area contributed by atoms with E-state index in [9.17, 15) is 0 Å². The second kappa shape index (κ2) is 11.2. The van der Waals surface area contributed by atoms with Gasteiger partial charge in [0.2, 0.25) is 0 Å². The van der Waals surface area contributed by atoms with E-state index in [4.69, 9.17) is 9.73 Å². The average Bonchev–Trinajstić information content (AvgIpc) is 3.06. The molecule has 148 valence electrons. The van der Waals surface area contributed by atoms with Crippen LogP contribution in [0.25, 0.3) is 0 Å². The molecule has 1 aromatic heterocycles. The van der Waals surface area contributed by atoms with Crippen LogP contribution in [0.5, 0.6) is 0 Å². The molecule has 1 atom stereocenters. The van der Waals surface area contributed by atoms with Gasteiger partial charge in [0.1, 0.15) is 6.10 Å². The molecule has 0 radical (unpaired) electrons. The molecule has 1 saturated heterocycles. The minimum atomic E-state index is 0.0670. The van der Waals surface area contributed by atoms with E-state index in [1.807, 2.05) is 24.1 Å². The van der Waals surface area contributed by atoms with Crippen molar-refractivity contribution in [1.82, 2.24) is 20.0 Å². The van der Waals surface area contributed by atoms with E-state index in [0.717, 1.165) is 50.2 Å². The maximum absolute atomic E-state index is 5.95. The van der Waals surface area contributed by atoms with Crippen molar-refractivity contribution in [2.45, 2.75) is 59.0 Å². The number of rotatable bonds is 9. The molecule has 1 aliphatic rings. The Morgan fingerprint density at radius 1 is 1.35 bits per heavy atom. The summed E-state index contributed by atoms with van der Waals surface area (Å²) in [7, 11) is 1.94. The van der Waals surface area contributed by atoms with Crippen LogP contribution in [0.15, 0.2) is 17.4 Å². The van der Waals surface area contributed by atoms with Crippen LogP contribution in [0.4, 0.5) is 0 Å². The summed E-state index contributed by atoms with van der Waals surface area (Å²) in [5.41, 5.74) is 1.14. The first-order valence-corrected chi connectivity index (χ1v) is 10.2. The van der Waals surface area contributed by atoms with Gasteiger partial charge >= 0.3 is 0 Å². The van der Waals surface area contributed by atoms with Crippen molar-refractivity contribution < 1.29 is 4.74 Å². The zero-order chi connectivity index (χ0) is 18.8. The first-order valence-electron chi connectivity index (χ1n) is 10.2. The van der Waals surface area contributed by atoms with Crippen LogP contribution in [-0.2, 0) is 11.8 Å². The second-order valence-corrected chi connectivity index (χ2v) is 7.59. The fourth-order valence-electron chi connectivity index (χ4n) is 3.28. The molecule has 2 rings (SSSR count). The van der Waals surface area contributed by atoms with Crippen molar-refractivity contribution in [2.24, 2.45) is 18.0 Å². The number of nitrogens with zero attached hydrogens (tertiary/aromatic N) is 4. The van der Waals surface area contributed by atoms with Gasteiger partial charge in [-0.25, -0.2) is 0 Å². The Hall–Kier alpha value is -1.56. The summed E-state index contributed by atoms with van der Waals surface area (Å²) in [5.74, 6) is 1.84. The summed E-state index contributed by atoms with van der Waals surface area (Å²) >= 11 is 0. The molecule has 1 aliphatic heterocycles. The van der Waals surface area contributed by atoms with Crippen molar-refractivity contribution >= 4 is 5.96 Å². The number of morpholine rings is 1. The molecule has 0 bridgehead atoms. The average molecular weight is 364 g/mol. The summed E-state index contributed by atoms with van der Waals surface area (Å²) in [5, 5.41) is 7.71. The molecule has 6 heteroatoms. The van der Waals surface area contributed by atoms with Crippen molar-refractivity contribution in [3.63, 3.8) is 0 Å². The number of aryl methyl sites for hydroxylation is 1. The highest BCUT2D eigenvalue weighted by atomic mass is 16.5. The Balaban J connectivity index is 1.81. The van der Waals surface area contributed by atoms with Crippen LogP contribution in [-0.4, -0.2) is 53.4 Å². The van der Waals surface area contributed by atoms with Crippen LogP contribution in [0, 0.1) is 5.92 Å². The molecule has 0 aliphatic carbocycles. The Kier molecular flexibility index (Phi) is 8.95. The second-order valence-electron chi connectivity index (χ2n) is 7.59. The number of hydrogen-bond donors (Lipinski definition) is 1. The lowest BCUT2D eigenvalue weighted by Gasteiger charge is -2.34. The number of hydrogen-bond acceptors (Lipinski definition) is 3. The van der Waals surface area contributed by atoms with Gasteiger partial charge in [-0.2, -0.15) is 5.10 Å². The summed E-state index contributed by atoms with van der Waals surface area (Å²) in [6.45, 7) is 11.0. The fourth-order valence-corrected chi connectivity index (χ4v) is 3.28. The lowest BCUT2D eigenvalue weighted by atomic mass is 10.0. The quantitative estimate of drug-likeness (QED) is 0.415. The minimum Gasteiger partial charge on any atom is -0.370 e. The normalized spacial score (nSPS) is 18.6. The monoisotopic (exact) mass is 363 g/mol. The van der Waals surface area contributed by atoms with E-state index in [-0.39, 0.29) is 6.10 Å². The number of aromatic nitrogens is 2. The SMILES string of the molecule is CCNC(=NCCCCCCC(C)C)N1CCOC(c2cnn(C)c2)C1. The van der Waals surface area contributed by atoms with Crippen LogP contribution < -0.4 is 5.32 Å². The molecule has 1 aromatic rings. The molecule has 2 heterocycles. The van der Waals surface area contributed by atoms with Gasteiger partial charge in [-0.15, -0.1) is 0 Å². The molecule has 0 aromatic carbocycles. The molecule has 1 fully saturated rings. The smallest absolute Gasteiger partial charge is 0.194 e. The molecule has 1 unspecified atom stereocenters. The fraction of sp³-hybridized carbons (Fsp3) is 0.800. The summed E-state index contributed by atoms with van der Waals surface area (Å²) < 4.78 is 7.78. The summed E-state index contributed by atoms with van der Waals surface area (Å²) in [4.78, 5) is 7.18. The van der Waals surface area contributed by atoms with Crippen LogP contribution >= 0.6 is 0 Å². The maximum atomic E-state index is 5.95. The molecular formula is C20H37N5O. The van der Waals surface area contributed by atoms with E-state index < -0.39 is 0 Å². The van der Waals surface area contributed by atoms with Gasteiger partial charge in [0.25, 0.3) is 0 Å². The Bertz CT molecular complexity index is 540. The Morgan fingerprint density at radius 3 is 2.85 bits per heavy atom. The lowest BCUT2D eigenvalue weighted by molar-refractivity contribution is -0.00804. The van der Waals surface area contributed by atoms with E-state index in [2.05, 4.69) is 36.1 Å². The summed E-state index contributed by atoms with van der Waals surface area (Å²) in [6.07, 6.45) is 10.5. The van der Waals surface area contributed by atoms with Crippen molar-refractivity contribution in [1.29, 1.82) is 0 Å². The van der Waals surface area contributed by atoms with Crippen LogP contribution in [0.1, 0.15) is 64.5 Å². The predicted molar refractivity (Wildman–Crippen MR) is 107 cm³/mol. The molecule has 0 spiro atoms. The Labute approximate surface area is 159 Å². The van der Waals surface area contributed by atoms with E-state index in [1.165, 1.54) is 32.1 Å². The standard InChI is InChI=1S/C20H37N5O/c1-5-21-20(22-11-9-7-6-8-10-17(2)3)25-12-13-26-19(16-25)18-14-23-24(4)15-18/h14-15,17,19H,5-13,16H2,1-4H3,(H,21,22). The first kappa shape index (κ1) is 20.7. The van der Waals surface area contributed by atoms with Gasteiger partial charge in [-0.1, -0.05) is 39.5 Å². The highest BCUT2D eigenvalue weighted by molar-refractivity contribution is 5.80. The number of aliphatic imine (C=N–C) groups is 1. The van der Waals surface area contributed by atoms with E-state index in [0.29, 0.717) is 0 Å². The molecule has 1 N–H and O–H groups in total. The van der Waals surface area contributed by atoms with Crippen LogP contribution in [0.2, 0.25) is 0 Å². The van der Waals surface area contributed by atoms with Crippen molar-refractivity contribution in [3.8, 4) is 0 Å². The Morgan fingerprint density at radius 2 is 2.15 bits per heavy atom. The third-order valence-corrected chi connectivity index (χ3v) is 4.75. The highest BCUT2D eigenvalue weighted by Gasteiger charge is 2.25. The van der Waals surface area contributed by atoms with Gasteiger partial charge in [0.05, 0.1) is 19.3 Å². The molecule has 6 nitrogen and oxygen atoms in total. The molecule has 26 heavy (non-hydrogen) atoms. The number of ether oxygens (including phenoxy) is 1. The zero-order valence-electron chi connectivity index (χ0n) is 17.1. The highest BCUT2D eigenvalue weighted by Crippen LogP contribution is 2.21. The largest absolute Gasteiger partial charge is 0.370 e. The topological polar surface area (TPSA) is 54.7 Å². The number of unbranched alkanes of at least 4 members (excludes halogenated alkanes) is 3. The summed E-state index contributed by atoms with van der Waals surface area (Å²) in [6, 6.07) is 0. The number of nitrogens with one attached hydrogen (secondary N) is 1. The van der Waals surface area contributed by atoms with Gasteiger partial charge in [0.15, 0.2) is 5.96 Å². The first-order chi connectivity index (χ1) is 12.6. The lowest BCUT2D eigenvalue weighted by Crippen LogP contribution is -2.48. The zero-order valence-corrected chi connectivity index (χ0v) is 17.1. The number of guanidine groups is 1. The van der Waals surface area contributed by atoms with Crippen LogP contribution in [0.3, 0.4) is 0 Å². The molecular weight excluding hydrogens is 326 g/mol. The van der Waals surface area contributed by atoms with Gasteiger partial charge in [-0.05, 0) is 19.3 Å².